The first-order valence-corrected chi connectivity index (χ1v) is 7.37. The maximum atomic E-state index is 11.7. The van der Waals surface area contributed by atoms with Gasteiger partial charge in [-0.2, -0.15) is 0 Å². The number of nitrogens with one attached hydrogen (secondary N) is 1. The molecule has 0 atom stereocenters. The molecule has 1 fully saturated rings. The molecule has 1 amide bonds. The Kier molecular flexibility index (Phi) is 5.15. The van der Waals surface area contributed by atoms with Gasteiger partial charge >= 0.3 is 0 Å². The second kappa shape index (κ2) is 6.86. The van der Waals surface area contributed by atoms with Crippen LogP contribution in [-0.4, -0.2) is 47.7 Å². The molecule has 2 N–H and O–H groups in total. The lowest BCUT2D eigenvalue weighted by Crippen LogP contribution is -2.63. The van der Waals surface area contributed by atoms with E-state index in [9.17, 15) is 9.90 Å². The summed E-state index contributed by atoms with van der Waals surface area (Å²) in [6.07, 6.45) is 2.69. The van der Waals surface area contributed by atoms with Crippen LogP contribution in [0.5, 0.6) is 0 Å². The molecule has 1 aliphatic heterocycles. The summed E-state index contributed by atoms with van der Waals surface area (Å²) in [5, 5.41) is 12.8. The van der Waals surface area contributed by atoms with Crippen molar-refractivity contribution in [2.45, 2.75) is 31.8 Å². The zero-order chi connectivity index (χ0) is 14.4. The van der Waals surface area contributed by atoms with Crippen molar-refractivity contribution in [3.05, 3.63) is 35.9 Å². The van der Waals surface area contributed by atoms with Crippen LogP contribution >= 0.6 is 0 Å². The van der Waals surface area contributed by atoms with Crippen LogP contribution in [0.25, 0.3) is 0 Å². The first kappa shape index (κ1) is 15.0. The Morgan fingerprint density at radius 3 is 2.70 bits per heavy atom. The molecule has 0 bridgehead atoms. The van der Waals surface area contributed by atoms with Gasteiger partial charge in [-0.05, 0) is 24.8 Å². The second-order valence-electron chi connectivity index (χ2n) is 5.66. The maximum absolute atomic E-state index is 11.7. The van der Waals surface area contributed by atoms with Crippen molar-refractivity contribution in [1.29, 1.82) is 0 Å². The highest BCUT2D eigenvalue weighted by molar-refractivity contribution is 5.78. The van der Waals surface area contributed by atoms with Crippen molar-refractivity contribution in [3.63, 3.8) is 0 Å². The summed E-state index contributed by atoms with van der Waals surface area (Å²) in [6, 6.07) is 10.3. The smallest absolute Gasteiger partial charge is 0.234 e. The van der Waals surface area contributed by atoms with E-state index < -0.39 is 5.60 Å². The van der Waals surface area contributed by atoms with Crippen LogP contribution in [0.15, 0.2) is 30.3 Å². The fourth-order valence-electron chi connectivity index (χ4n) is 2.55. The molecule has 1 heterocycles. The van der Waals surface area contributed by atoms with Crippen LogP contribution in [0.2, 0.25) is 0 Å². The van der Waals surface area contributed by atoms with Gasteiger partial charge in [-0.1, -0.05) is 37.3 Å². The normalized spacial score (nSPS) is 17.5. The van der Waals surface area contributed by atoms with Crippen LogP contribution in [0.4, 0.5) is 0 Å². The van der Waals surface area contributed by atoms with Gasteiger partial charge < -0.3 is 10.4 Å². The third-order valence-electron chi connectivity index (χ3n) is 3.87. The number of rotatable bonds is 7. The molecule has 0 aromatic heterocycles. The molecule has 1 saturated heterocycles. The molecule has 1 aromatic carbocycles. The fourth-order valence-corrected chi connectivity index (χ4v) is 2.55. The number of aliphatic hydroxyl groups is 1. The van der Waals surface area contributed by atoms with E-state index in [-0.39, 0.29) is 5.91 Å². The van der Waals surface area contributed by atoms with Crippen LogP contribution in [0.1, 0.15) is 25.3 Å². The maximum Gasteiger partial charge on any atom is 0.234 e. The van der Waals surface area contributed by atoms with Gasteiger partial charge in [0.1, 0.15) is 0 Å². The van der Waals surface area contributed by atoms with E-state index in [1.165, 1.54) is 5.56 Å². The fraction of sp³-hybridized carbons (Fsp3) is 0.562. The van der Waals surface area contributed by atoms with Gasteiger partial charge in [-0.3, -0.25) is 9.69 Å². The largest absolute Gasteiger partial charge is 0.387 e. The minimum absolute atomic E-state index is 0.0521. The van der Waals surface area contributed by atoms with Crippen molar-refractivity contribution >= 4 is 5.91 Å². The Bertz CT molecular complexity index is 427. The Hall–Kier alpha value is -1.39. The molecule has 4 heteroatoms. The number of nitrogens with zero attached hydrogens (tertiary/aromatic N) is 1. The summed E-state index contributed by atoms with van der Waals surface area (Å²) in [5.41, 5.74) is 0.741. The van der Waals surface area contributed by atoms with E-state index in [0.717, 1.165) is 19.3 Å². The van der Waals surface area contributed by atoms with Gasteiger partial charge in [-0.15, -0.1) is 0 Å². The monoisotopic (exact) mass is 276 g/mol. The van der Waals surface area contributed by atoms with Crippen LogP contribution in [-0.2, 0) is 11.2 Å². The van der Waals surface area contributed by atoms with E-state index in [1.807, 2.05) is 30.0 Å². The summed E-state index contributed by atoms with van der Waals surface area (Å²) in [5.74, 6) is 0.0521. The number of aryl methyl sites for hydroxylation is 1. The van der Waals surface area contributed by atoms with E-state index >= 15 is 0 Å². The molecule has 110 valence electrons. The summed E-state index contributed by atoms with van der Waals surface area (Å²) < 4.78 is 0. The average Bonchev–Trinajstić information content (AvgIpc) is 2.43. The Morgan fingerprint density at radius 1 is 1.35 bits per heavy atom. The van der Waals surface area contributed by atoms with Gasteiger partial charge in [0.15, 0.2) is 0 Å². The van der Waals surface area contributed by atoms with Crippen LogP contribution < -0.4 is 5.32 Å². The SMILES string of the molecule is CCC1(O)CN(CC(=O)NCCCc2ccccc2)C1. The molecule has 0 radical (unpaired) electrons. The van der Waals surface area contributed by atoms with Gasteiger partial charge in [-0.25, -0.2) is 0 Å². The third-order valence-corrected chi connectivity index (χ3v) is 3.87. The van der Waals surface area contributed by atoms with Crippen molar-refractivity contribution in [3.8, 4) is 0 Å². The molecule has 0 unspecified atom stereocenters. The molecule has 20 heavy (non-hydrogen) atoms. The predicted octanol–water partition coefficient (Wildman–Crippen LogP) is 1.19. The van der Waals surface area contributed by atoms with Crippen LogP contribution in [0.3, 0.4) is 0 Å². The second-order valence-corrected chi connectivity index (χ2v) is 5.66. The minimum Gasteiger partial charge on any atom is -0.387 e. The highest BCUT2D eigenvalue weighted by Crippen LogP contribution is 2.23. The number of β-amino-alcohol motifs (C(OH)–C–C–N with tert-alkyl or cyclic N) is 1. The van der Waals surface area contributed by atoms with Crippen molar-refractivity contribution in [1.82, 2.24) is 10.2 Å². The molecule has 4 nitrogen and oxygen atoms in total. The Balaban J connectivity index is 1.55. The van der Waals surface area contributed by atoms with E-state index in [1.54, 1.807) is 0 Å². The molecule has 0 spiro atoms. The summed E-state index contributed by atoms with van der Waals surface area (Å²) in [4.78, 5) is 13.7. The first-order valence-electron chi connectivity index (χ1n) is 7.37. The van der Waals surface area contributed by atoms with E-state index in [4.69, 9.17) is 0 Å². The molecule has 1 aliphatic rings. The highest BCUT2D eigenvalue weighted by atomic mass is 16.3. The average molecular weight is 276 g/mol. The predicted molar refractivity (Wildman–Crippen MR) is 79.5 cm³/mol. The number of benzene rings is 1. The van der Waals surface area contributed by atoms with Gasteiger partial charge in [0, 0.05) is 19.6 Å². The van der Waals surface area contributed by atoms with Crippen molar-refractivity contribution in [2.24, 2.45) is 0 Å². The lowest BCUT2D eigenvalue weighted by Gasteiger charge is -2.45. The first-order chi connectivity index (χ1) is 9.61. The molecular weight excluding hydrogens is 252 g/mol. The van der Waals surface area contributed by atoms with Gasteiger partial charge in [0.05, 0.1) is 12.1 Å². The zero-order valence-electron chi connectivity index (χ0n) is 12.1. The van der Waals surface area contributed by atoms with Crippen LogP contribution in [0, 0.1) is 0 Å². The van der Waals surface area contributed by atoms with Gasteiger partial charge in [0.25, 0.3) is 0 Å². The topological polar surface area (TPSA) is 52.6 Å². The number of amides is 1. The Morgan fingerprint density at radius 2 is 2.05 bits per heavy atom. The van der Waals surface area contributed by atoms with Crippen molar-refractivity contribution < 1.29 is 9.90 Å². The van der Waals surface area contributed by atoms with E-state index in [0.29, 0.717) is 26.2 Å². The lowest BCUT2D eigenvalue weighted by atomic mass is 9.91. The quantitative estimate of drug-likeness (QED) is 0.736. The van der Waals surface area contributed by atoms with E-state index in [2.05, 4.69) is 17.4 Å². The number of hydrogen-bond donors (Lipinski definition) is 2. The Labute approximate surface area is 120 Å². The third kappa shape index (κ3) is 4.32. The number of carbonyl (C=O) groups is 1. The summed E-state index contributed by atoms with van der Waals surface area (Å²) in [7, 11) is 0. The zero-order valence-corrected chi connectivity index (χ0v) is 12.1. The summed E-state index contributed by atoms with van der Waals surface area (Å²) >= 11 is 0. The number of carbonyl (C=O) groups excluding carboxylic acids is 1. The standard InChI is InChI=1S/C16H24N2O2/c1-2-16(20)12-18(13-16)11-15(19)17-10-6-9-14-7-4-3-5-8-14/h3-5,7-8,20H,2,6,9-13H2,1H3,(H,17,19). The molecule has 0 saturated carbocycles. The summed E-state index contributed by atoms with van der Waals surface area (Å²) in [6.45, 7) is 4.30. The highest BCUT2D eigenvalue weighted by Gasteiger charge is 2.39. The molecular formula is C16H24N2O2. The van der Waals surface area contributed by atoms with Crippen molar-refractivity contribution in [2.75, 3.05) is 26.2 Å². The molecule has 0 aliphatic carbocycles. The molecule has 2 rings (SSSR count). The molecule has 1 aromatic rings. The lowest BCUT2D eigenvalue weighted by molar-refractivity contribution is -0.132. The van der Waals surface area contributed by atoms with Gasteiger partial charge in [0.2, 0.25) is 5.91 Å². The minimum atomic E-state index is -0.562. The number of hydrogen-bond acceptors (Lipinski definition) is 3. The number of likely N-dealkylation sites (tertiary alicyclic amines) is 1.